The van der Waals surface area contributed by atoms with Crippen LogP contribution in [-0.4, -0.2) is 23.4 Å². The molecule has 1 aromatic carbocycles. The van der Waals surface area contributed by atoms with E-state index in [0.29, 0.717) is 22.9 Å². The second-order valence-electron chi connectivity index (χ2n) is 3.47. The van der Waals surface area contributed by atoms with Gasteiger partial charge in [-0.25, -0.2) is 4.79 Å². The van der Waals surface area contributed by atoms with Gasteiger partial charge in [0, 0.05) is 11.8 Å². The maximum atomic E-state index is 11.3. The molecule has 0 aliphatic carbocycles. The van der Waals surface area contributed by atoms with Crippen molar-refractivity contribution in [3.8, 4) is 0 Å². The van der Waals surface area contributed by atoms with Crippen molar-refractivity contribution in [2.75, 3.05) is 7.11 Å². The molecule has 1 saturated heterocycles. The van der Waals surface area contributed by atoms with E-state index in [1.54, 1.807) is 30.3 Å². The predicted octanol–water partition coefficient (Wildman–Crippen LogP) is 1.80. The lowest BCUT2D eigenvalue weighted by atomic mass is 10.1. The zero-order valence-corrected chi connectivity index (χ0v) is 10.2. The summed E-state index contributed by atoms with van der Waals surface area (Å²) in [7, 11) is 1.31. The molecule has 0 spiro atoms. The van der Waals surface area contributed by atoms with Crippen LogP contribution >= 0.6 is 11.8 Å². The van der Waals surface area contributed by atoms with Crippen molar-refractivity contribution in [2.24, 2.45) is 0 Å². The van der Waals surface area contributed by atoms with Crippen LogP contribution in [0.25, 0.3) is 6.08 Å². The van der Waals surface area contributed by atoms with Gasteiger partial charge in [-0.15, -0.1) is 0 Å². The molecule has 5 nitrogen and oxygen atoms in total. The summed E-state index contributed by atoms with van der Waals surface area (Å²) in [6.45, 7) is 0. The molecule has 1 heterocycles. The minimum Gasteiger partial charge on any atom is -0.465 e. The Balaban J connectivity index is 2.21. The van der Waals surface area contributed by atoms with Gasteiger partial charge in [-0.05, 0) is 23.8 Å². The number of amides is 1. The Morgan fingerprint density at radius 2 is 1.94 bits per heavy atom. The molecule has 92 valence electrons. The average molecular weight is 263 g/mol. The average Bonchev–Trinajstić information content (AvgIpc) is 2.68. The molecule has 0 saturated carbocycles. The Morgan fingerprint density at radius 1 is 1.28 bits per heavy atom. The third-order valence-electron chi connectivity index (χ3n) is 2.28. The first-order chi connectivity index (χ1) is 8.60. The molecule has 0 atom stereocenters. The maximum Gasteiger partial charge on any atom is 0.337 e. The van der Waals surface area contributed by atoms with E-state index in [0.717, 1.165) is 0 Å². The fraction of sp³-hybridized carbons (Fsp3) is 0.0833. The fourth-order valence-electron chi connectivity index (χ4n) is 1.42. The minimum absolute atomic E-state index is 0.246. The molecule has 1 aliphatic heterocycles. The lowest BCUT2D eigenvalue weighted by molar-refractivity contribution is -0.107. The SMILES string of the molecule is COC(=O)c1ccc(/C=C2/NC(=O)SC2=O)cc1. The van der Waals surface area contributed by atoms with E-state index in [1.807, 2.05) is 0 Å². The van der Waals surface area contributed by atoms with E-state index < -0.39 is 5.97 Å². The fourth-order valence-corrected chi connectivity index (χ4v) is 1.97. The lowest BCUT2D eigenvalue weighted by Crippen LogP contribution is -2.10. The largest absolute Gasteiger partial charge is 0.465 e. The van der Waals surface area contributed by atoms with Gasteiger partial charge in [0.2, 0.25) is 5.12 Å². The number of rotatable bonds is 2. The smallest absolute Gasteiger partial charge is 0.337 e. The second-order valence-corrected chi connectivity index (χ2v) is 4.42. The van der Waals surface area contributed by atoms with Crippen LogP contribution in [0.1, 0.15) is 15.9 Å². The molecule has 18 heavy (non-hydrogen) atoms. The summed E-state index contributed by atoms with van der Waals surface area (Å²) in [6, 6.07) is 6.52. The Bertz CT molecular complexity index is 548. The predicted molar refractivity (Wildman–Crippen MR) is 66.9 cm³/mol. The van der Waals surface area contributed by atoms with Crippen LogP contribution in [0.5, 0.6) is 0 Å². The van der Waals surface area contributed by atoms with Crippen LogP contribution in [-0.2, 0) is 9.53 Å². The molecule has 0 bridgehead atoms. The van der Waals surface area contributed by atoms with Gasteiger partial charge >= 0.3 is 5.97 Å². The molecule has 0 radical (unpaired) electrons. The van der Waals surface area contributed by atoms with E-state index >= 15 is 0 Å². The molecule has 1 aromatic rings. The number of methoxy groups -OCH3 is 1. The summed E-state index contributed by atoms with van der Waals surface area (Å²) in [5.41, 5.74) is 1.39. The number of carbonyl (C=O) groups is 3. The summed E-state index contributed by atoms with van der Waals surface area (Å²) >= 11 is 0.628. The second kappa shape index (κ2) is 5.05. The Morgan fingerprint density at radius 3 is 2.44 bits per heavy atom. The lowest BCUT2D eigenvalue weighted by Gasteiger charge is -2.00. The van der Waals surface area contributed by atoms with Gasteiger partial charge in [-0.3, -0.25) is 9.59 Å². The molecule has 1 aliphatic rings. The third kappa shape index (κ3) is 2.60. The highest BCUT2D eigenvalue weighted by Crippen LogP contribution is 2.20. The highest BCUT2D eigenvalue weighted by Gasteiger charge is 2.25. The van der Waals surface area contributed by atoms with Gasteiger partial charge in [-0.1, -0.05) is 12.1 Å². The van der Waals surface area contributed by atoms with Crippen LogP contribution < -0.4 is 5.32 Å². The van der Waals surface area contributed by atoms with E-state index in [4.69, 9.17) is 0 Å². The molecule has 6 heteroatoms. The van der Waals surface area contributed by atoms with Crippen LogP contribution in [0.3, 0.4) is 0 Å². The standard InChI is InChI=1S/C12H9NO4S/c1-17-10(14)8-4-2-7(3-5-8)6-9-11(15)18-12(16)13-9/h2-6H,1H3,(H,13,16)/b9-6+. The molecule has 0 aromatic heterocycles. The van der Waals surface area contributed by atoms with Crippen LogP contribution in [0, 0.1) is 0 Å². The maximum absolute atomic E-state index is 11.3. The number of benzene rings is 1. The normalized spacial score (nSPS) is 16.8. The summed E-state index contributed by atoms with van der Waals surface area (Å²) in [5, 5.41) is 1.76. The molecule has 1 fully saturated rings. The summed E-state index contributed by atoms with van der Waals surface area (Å²) < 4.78 is 4.57. The van der Waals surface area contributed by atoms with Gasteiger partial charge in [0.15, 0.2) is 0 Å². The first kappa shape index (κ1) is 12.4. The third-order valence-corrected chi connectivity index (χ3v) is 2.98. The number of nitrogens with one attached hydrogen (secondary N) is 1. The van der Waals surface area contributed by atoms with Crippen LogP contribution in [0.4, 0.5) is 4.79 Å². The van der Waals surface area contributed by atoms with Crippen molar-refractivity contribution in [1.29, 1.82) is 0 Å². The van der Waals surface area contributed by atoms with E-state index in [1.165, 1.54) is 7.11 Å². The minimum atomic E-state index is -0.421. The summed E-state index contributed by atoms with van der Waals surface area (Å²) in [5.74, 6) is -0.421. The van der Waals surface area contributed by atoms with E-state index in [-0.39, 0.29) is 16.1 Å². The van der Waals surface area contributed by atoms with Gasteiger partial charge in [0.05, 0.1) is 18.4 Å². The van der Waals surface area contributed by atoms with Crippen LogP contribution in [0.2, 0.25) is 0 Å². The van der Waals surface area contributed by atoms with Crippen molar-refractivity contribution < 1.29 is 19.1 Å². The van der Waals surface area contributed by atoms with E-state index in [9.17, 15) is 14.4 Å². The topological polar surface area (TPSA) is 72.5 Å². The molecule has 1 N–H and O–H groups in total. The van der Waals surface area contributed by atoms with Gasteiger partial charge in [0.25, 0.3) is 5.24 Å². The number of hydrogen-bond acceptors (Lipinski definition) is 5. The number of ether oxygens (including phenoxy) is 1. The van der Waals surface area contributed by atoms with Gasteiger partial charge in [0.1, 0.15) is 0 Å². The Hall–Kier alpha value is -2.08. The van der Waals surface area contributed by atoms with Crippen molar-refractivity contribution in [2.45, 2.75) is 0 Å². The number of thioether (sulfide) groups is 1. The van der Waals surface area contributed by atoms with Crippen molar-refractivity contribution in [3.63, 3.8) is 0 Å². The van der Waals surface area contributed by atoms with Gasteiger partial charge < -0.3 is 10.1 Å². The van der Waals surface area contributed by atoms with Crippen LogP contribution in [0.15, 0.2) is 30.0 Å². The highest BCUT2D eigenvalue weighted by atomic mass is 32.2. The zero-order valence-electron chi connectivity index (χ0n) is 9.43. The first-order valence-electron chi connectivity index (χ1n) is 5.03. The zero-order chi connectivity index (χ0) is 13.1. The highest BCUT2D eigenvalue weighted by molar-refractivity contribution is 8.27. The van der Waals surface area contributed by atoms with E-state index in [2.05, 4.69) is 10.1 Å². The Kier molecular flexibility index (Phi) is 3.47. The Labute approximate surface area is 107 Å². The molecular formula is C12H9NO4S. The number of esters is 1. The van der Waals surface area contributed by atoms with Crippen molar-refractivity contribution in [1.82, 2.24) is 5.32 Å². The molecular weight excluding hydrogens is 254 g/mol. The van der Waals surface area contributed by atoms with Gasteiger partial charge in [-0.2, -0.15) is 0 Å². The number of hydrogen-bond donors (Lipinski definition) is 1. The monoisotopic (exact) mass is 263 g/mol. The molecule has 0 unspecified atom stereocenters. The molecule has 1 amide bonds. The molecule has 2 rings (SSSR count). The summed E-state index contributed by atoms with van der Waals surface area (Å²) in [4.78, 5) is 33.5. The van der Waals surface area contributed by atoms with Crippen molar-refractivity contribution >= 4 is 34.2 Å². The van der Waals surface area contributed by atoms with Crippen molar-refractivity contribution in [3.05, 3.63) is 41.1 Å². The summed E-state index contributed by atoms with van der Waals surface area (Å²) in [6.07, 6.45) is 1.56. The number of carbonyl (C=O) groups excluding carboxylic acids is 3. The first-order valence-corrected chi connectivity index (χ1v) is 5.85. The quantitative estimate of drug-likeness (QED) is 0.650.